The molecular weight excluding hydrogens is 291 g/mol. The summed E-state index contributed by atoms with van der Waals surface area (Å²) in [5.74, 6) is -0.372. The van der Waals surface area contributed by atoms with Gasteiger partial charge in [-0.15, -0.1) is 11.3 Å². The summed E-state index contributed by atoms with van der Waals surface area (Å²) in [6.45, 7) is 1.10. The van der Waals surface area contributed by atoms with Crippen LogP contribution in [0.3, 0.4) is 0 Å². The topological polar surface area (TPSA) is 51.2 Å². The van der Waals surface area contributed by atoms with Crippen LogP contribution >= 0.6 is 11.3 Å². The fraction of sp³-hybridized carbons (Fsp3) is 0.333. The van der Waals surface area contributed by atoms with Crippen LogP contribution in [0.1, 0.15) is 16.9 Å². The third-order valence-electron chi connectivity index (χ3n) is 3.41. The molecule has 1 aliphatic heterocycles. The van der Waals surface area contributed by atoms with Gasteiger partial charge >= 0.3 is 0 Å². The van der Waals surface area contributed by atoms with Crippen LogP contribution in [0.25, 0.3) is 0 Å². The first-order valence-electron chi connectivity index (χ1n) is 6.79. The van der Waals surface area contributed by atoms with Crippen molar-refractivity contribution in [2.45, 2.75) is 12.8 Å². The molecule has 0 saturated carbocycles. The van der Waals surface area contributed by atoms with Crippen LogP contribution in [-0.2, 0) is 16.0 Å². The van der Waals surface area contributed by atoms with Crippen molar-refractivity contribution in [1.82, 2.24) is 4.98 Å². The van der Waals surface area contributed by atoms with Gasteiger partial charge in [0.2, 0.25) is 5.91 Å². The van der Waals surface area contributed by atoms with Gasteiger partial charge in [-0.05, 0) is 18.1 Å². The number of amides is 1. The van der Waals surface area contributed by atoms with Crippen molar-refractivity contribution in [3.63, 3.8) is 0 Å². The van der Waals surface area contributed by atoms with Crippen LogP contribution in [0, 0.1) is 11.7 Å². The maximum absolute atomic E-state index is 13.6. The second-order valence-corrected chi connectivity index (χ2v) is 6.06. The monoisotopic (exact) mass is 306 g/mol. The Kier molecular flexibility index (Phi) is 4.26. The molecule has 0 spiro atoms. The molecule has 2 aromatic rings. The summed E-state index contributed by atoms with van der Waals surface area (Å²) in [4.78, 5) is 17.0. The van der Waals surface area contributed by atoms with E-state index in [0.29, 0.717) is 30.3 Å². The van der Waals surface area contributed by atoms with E-state index in [4.69, 9.17) is 4.74 Å². The van der Waals surface area contributed by atoms with Crippen LogP contribution in [-0.4, -0.2) is 24.1 Å². The summed E-state index contributed by atoms with van der Waals surface area (Å²) in [5.41, 5.74) is 0.628. The summed E-state index contributed by atoms with van der Waals surface area (Å²) in [7, 11) is 0. The summed E-state index contributed by atoms with van der Waals surface area (Å²) < 4.78 is 18.8. The number of benzene rings is 1. The smallest absolute Gasteiger partial charge is 0.231 e. The first-order chi connectivity index (χ1) is 10.2. The number of thiazole rings is 1. The number of carbonyl (C=O) groups excluding carboxylic acids is 1. The van der Waals surface area contributed by atoms with E-state index in [9.17, 15) is 9.18 Å². The van der Waals surface area contributed by atoms with Gasteiger partial charge in [0.15, 0.2) is 5.13 Å². The van der Waals surface area contributed by atoms with Gasteiger partial charge in [-0.3, -0.25) is 4.79 Å². The Bertz CT molecular complexity index is 638. The molecule has 1 aromatic carbocycles. The highest BCUT2D eigenvalue weighted by molar-refractivity contribution is 7.15. The summed E-state index contributed by atoms with van der Waals surface area (Å²) in [6.07, 6.45) is 2.91. The van der Waals surface area contributed by atoms with Gasteiger partial charge in [0.1, 0.15) is 5.82 Å². The largest absolute Gasteiger partial charge is 0.381 e. The fourth-order valence-corrected chi connectivity index (χ4v) is 3.06. The van der Waals surface area contributed by atoms with E-state index in [1.165, 1.54) is 17.4 Å². The van der Waals surface area contributed by atoms with E-state index in [1.54, 1.807) is 18.3 Å². The molecule has 0 aliphatic carbocycles. The van der Waals surface area contributed by atoms with Gasteiger partial charge in [0.05, 0.1) is 12.5 Å². The summed E-state index contributed by atoms with van der Waals surface area (Å²) in [5, 5.41) is 3.35. The lowest BCUT2D eigenvalue weighted by Gasteiger charge is -2.05. The molecule has 1 saturated heterocycles. The maximum Gasteiger partial charge on any atom is 0.231 e. The second kappa shape index (κ2) is 6.32. The molecule has 1 amide bonds. The zero-order valence-electron chi connectivity index (χ0n) is 11.3. The highest BCUT2D eigenvalue weighted by atomic mass is 32.1. The Morgan fingerprint density at radius 1 is 1.48 bits per heavy atom. The number of halogens is 1. The third kappa shape index (κ3) is 3.46. The van der Waals surface area contributed by atoms with Crippen molar-refractivity contribution >= 4 is 22.4 Å². The Morgan fingerprint density at radius 2 is 2.33 bits per heavy atom. The Morgan fingerprint density at radius 3 is 3.10 bits per heavy atom. The lowest BCUT2D eigenvalue weighted by atomic mass is 10.1. The first-order valence-corrected chi connectivity index (χ1v) is 7.61. The molecule has 1 unspecified atom stereocenters. The third-order valence-corrected chi connectivity index (χ3v) is 4.32. The molecule has 1 atom stereocenters. The van der Waals surface area contributed by atoms with Gasteiger partial charge in [-0.25, -0.2) is 9.37 Å². The van der Waals surface area contributed by atoms with Gasteiger partial charge in [-0.1, -0.05) is 18.2 Å². The quantitative estimate of drug-likeness (QED) is 0.945. The number of aromatic nitrogens is 1. The van der Waals surface area contributed by atoms with Crippen LogP contribution in [0.4, 0.5) is 9.52 Å². The molecule has 6 heteroatoms. The van der Waals surface area contributed by atoms with Gasteiger partial charge in [0, 0.05) is 24.1 Å². The number of hydrogen-bond acceptors (Lipinski definition) is 4. The van der Waals surface area contributed by atoms with Crippen molar-refractivity contribution in [3.8, 4) is 0 Å². The number of nitrogens with zero attached hydrogens (tertiary/aromatic N) is 1. The Balaban J connectivity index is 1.63. The minimum absolute atomic E-state index is 0.0562. The van der Waals surface area contributed by atoms with Crippen molar-refractivity contribution in [2.24, 2.45) is 5.92 Å². The molecule has 0 bridgehead atoms. The minimum atomic E-state index is -0.223. The van der Waals surface area contributed by atoms with Gasteiger partial charge < -0.3 is 10.1 Å². The normalized spacial score (nSPS) is 17.9. The number of nitrogens with one attached hydrogen (secondary N) is 1. The van der Waals surface area contributed by atoms with Crippen LogP contribution in [0.5, 0.6) is 0 Å². The number of anilines is 1. The van der Waals surface area contributed by atoms with E-state index in [0.717, 1.165) is 11.3 Å². The van der Waals surface area contributed by atoms with Crippen molar-refractivity contribution in [3.05, 3.63) is 46.7 Å². The molecule has 2 heterocycles. The highest BCUT2D eigenvalue weighted by Crippen LogP contribution is 2.23. The summed E-state index contributed by atoms with van der Waals surface area (Å²) in [6, 6.07) is 6.67. The molecular formula is C15H15FN2O2S. The fourth-order valence-electron chi connectivity index (χ4n) is 2.23. The SMILES string of the molecule is O=C(Nc1ncc(Cc2ccccc2F)s1)C1CCOC1. The molecule has 1 aliphatic rings. The van der Waals surface area contributed by atoms with Crippen molar-refractivity contribution in [2.75, 3.05) is 18.5 Å². The van der Waals surface area contributed by atoms with E-state index in [2.05, 4.69) is 10.3 Å². The summed E-state index contributed by atoms with van der Waals surface area (Å²) >= 11 is 1.37. The maximum atomic E-state index is 13.6. The van der Waals surface area contributed by atoms with Crippen molar-refractivity contribution in [1.29, 1.82) is 0 Å². The zero-order valence-corrected chi connectivity index (χ0v) is 12.2. The molecule has 3 rings (SSSR count). The van der Waals surface area contributed by atoms with Crippen LogP contribution < -0.4 is 5.32 Å². The minimum Gasteiger partial charge on any atom is -0.381 e. The highest BCUT2D eigenvalue weighted by Gasteiger charge is 2.24. The average Bonchev–Trinajstić information content (AvgIpc) is 3.13. The average molecular weight is 306 g/mol. The first kappa shape index (κ1) is 14.2. The molecule has 1 N–H and O–H groups in total. The van der Waals surface area contributed by atoms with E-state index >= 15 is 0 Å². The molecule has 110 valence electrons. The van der Waals surface area contributed by atoms with Gasteiger partial charge in [-0.2, -0.15) is 0 Å². The van der Waals surface area contributed by atoms with E-state index < -0.39 is 0 Å². The van der Waals surface area contributed by atoms with Crippen LogP contribution in [0.15, 0.2) is 30.5 Å². The second-order valence-electron chi connectivity index (χ2n) is 4.95. The zero-order chi connectivity index (χ0) is 14.7. The van der Waals surface area contributed by atoms with Gasteiger partial charge in [0.25, 0.3) is 0 Å². The number of rotatable bonds is 4. The lowest BCUT2D eigenvalue weighted by molar-refractivity contribution is -0.119. The Hall–Kier alpha value is -1.79. The standard InChI is InChI=1S/C15H15FN2O2S/c16-13-4-2-1-3-10(13)7-12-8-17-15(21-12)18-14(19)11-5-6-20-9-11/h1-4,8,11H,5-7,9H2,(H,17,18,19). The van der Waals surface area contributed by atoms with Crippen molar-refractivity contribution < 1.29 is 13.9 Å². The molecule has 21 heavy (non-hydrogen) atoms. The lowest BCUT2D eigenvalue weighted by Crippen LogP contribution is -2.22. The predicted octanol–water partition coefficient (Wildman–Crippen LogP) is 2.85. The number of carbonyl (C=O) groups is 1. The number of hydrogen-bond donors (Lipinski definition) is 1. The molecule has 4 nitrogen and oxygen atoms in total. The molecule has 1 fully saturated rings. The number of ether oxygens (including phenoxy) is 1. The predicted molar refractivity (Wildman–Crippen MR) is 78.9 cm³/mol. The molecule has 1 aromatic heterocycles. The van der Waals surface area contributed by atoms with Crippen LogP contribution in [0.2, 0.25) is 0 Å². The Labute approximate surface area is 126 Å². The van der Waals surface area contributed by atoms with E-state index in [-0.39, 0.29) is 17.6 Å². The molecule has 0 radical (unpaired) electrons. The van der Waals surface area contributed by atoms with E-state index in [1.807, 2.05) is 6.07 Å².